The molecule has 130 valence electrons. The lowest BCUT2D eigenvalue weighted by Gasteiger charge is -2.23. The summed E-state index contributed by atoms with van der Waals surface area (Å²) in [5.74, 6) is 1.63. The average Bonchev–Trinajstić information content (AvgIpc) is 3.00. The maximum Gasteiger partial charge on any atom is 0.174 e. The van der Waals surface area contributed by atoms with E-state index in [-0.39, 0.29) is 23.6 Å². The van der Waals surface area contributed by atoms with E-state index in [1.165, 1.54) is 0 Å². The molecule has 0 saturated carbocycles. The van der Waals surface area contributed by atoms with Gasteiger partial charge in [-0.3, -0.25) is 0 Å². The number of hydrogen-bond donors (Lipinski definition) is 2. The van der Waals surface area contributed by atoms with Gasteiger partial charge in [-0.1, -0.05) is 0 Å². The van der Waals surface area contributed by atoms with Crippen molar-refractivity contribution in [3.8, 4) is 11.5 Å². The van der Waals surface area contributed by atoms with Gasteiger partial charge in [-0.15, -0.1) is 0 Å². The third-order valence-electron chi connectivity index (χ3n) is 4.41. The molecule has 0 radical (unpaired) electrons. The number of nitrogen functional groups attached to an aromatic ring is 1. The number of nitrogens with one attached hydrogen (secondary N) is 1. The topological polar surface area (TPSA) is 84.7 Å². The van der Waals surface area contributed by atoms with Crippen molar-refractivity contribution in [2.75, 3.05) is 22.1 Å². The number of nitrogens with two attached hydrogens (primary N) is 1. The van der Waals surface area contributed by atoms with Crippen LogP contribution in [-0.2, 0) is 9.84 Å². The number of rotatable bonds is 3. The van der Waals surface area contributed by atoms with Crippen LogP contribution in [0.25, 0.3) is 0 Å². The van der Waals surface area contributed by atoms with Crippen LogP contribution >= 0.6 is 12.2 Å². The van der Waals surface area contributed by atoms with Crippen molar-refractivity contribution in [2.45, 2.75) is 12.1 Å². The summed E-state index contributed by atoms with van der Waals surface area (Å²) in [6.07, 6.45) is 0. The molecule has 0 spiro atoms. The molecule has 25 heavy (non-hydrogen) atoms. The first-order valence-electron chi connectivity index (χ1n) is 7.85. The van der Waals surface area contributed by atoms with Crippen molar-refractivity contribution >= 4 is 38.5 Å². The average molecular weight is 375 g/mol. The summed E-state index contributed by atoms with van der Waals surface area (Å²) < 4.78 is 29.5. The highest BCUT2D eigenvalue weighted by molar-refractivity contribution is 7.91. The van der Waals surface area contributed by atoms with E-state index in [1.807, 2.05) is 29.2 Å². The summed E-state index contributed by atoms with van der Waals surface area (Å²) in [6, 6.07) is 14.3. The Bertz CT molecular complexity index is 911. The van der Waals surface area contributed by atoms with Crippen molar-refractivity contribution in [3.05, 3.63) is 48.5 Å². The normalized spacial score (nSPS) is 24.0. The molecular weight excluding hydrogens is 358 g/mol. The fraction of sp³-hybridized carbons (Fsp3) is 0.235. The molecule has 6 nitrogen and oxygen atoms in total. The minimum atomic E-state index is -3.02. The highest BCUT2D eigenvalue weighted by Gasteiger charge is 2.47. The number of ether oxygens (including phenoxy) is 1. The summed E-state index contributed by atoms with van der Waals surface area (Å²) >= 11 is 5.38. The summed E-state index contributed by atoms with van der Waals surface area (Å²) in [7, 11) is -3.02. The van der Waals surface area contributed by atoms with Gasteiger partial charge >= 0.3 is 0 Å². The third kappa shape index (κ3) is 3.14. The van der Waals surface area contributed by atoms with Crippen molar-refractivity contribution in [1.29, 1.82) is 0 Å². The molecule has 3 N–H and O–H groups in total. The molecule has 8 heteroatoms. The molecule has 2 aromatic carbocycles. The van der Waals surface area contributed by atoms with Crippen LogP contribution < -0.4 is 20.7 Å². The maximum atomic E-state index is 11.9. The molecular formula is C17H17N3O3S2. The van der Waals surface area contributed by atoms with Crippen LogP contribution in [-0.4, -0.2) is 37.1 Å². The zero-order chi connectivity index (χ0) is 17.6. The van der Waals surface area contributed by atoms with Gasteiger partial charge in [-0.2, -0.15) is 0 Å². The Balaban J connectivity index is 1.53. The summed E-state index contributed by atoms with van der Waals surface area (Å²) in [6.45, 7) is 0. The number of benzene rings is 2. The van der Waals surface area contributed by atoms with Gasteiger partial charge in [0.25, 0.3) is 0 Å². The Morgan fingerprint density at radius 2 is 1.64 bits per heavy atom. The third-order valence-corrected chi connectivity index (χ3v) is 6.44. The summed E-state index contributed by atoms with van der Waals surface area (Å²) in [5.41, 5.74) is 7.20. The zero-order valence-electron chi connectivity index (χ0n) is 13.3. The molecule has 2 heterocycles. The van der Waals surface area contributed by atoms with Gasteiger partial charge in [0.2, 0.25) is 0 Å². The largest absolute Gasteiger partial charge is 0.457 e. The van der Waals surface area contributed by atoms with E-state index >= 15 is 0 Å². The van der Waals surface area contributed by atoms with Crippen molar-refractivity contribution in [3.63, 3.8) is 0 Å². The molecule has 0 bridgehead atoms. The number of fused-ring (bicyclic) bond motifs is 1. The van der Waals surface area contributed by atoms with Crippen LogP contribution in [0.3, 0.4) is 0 Å². The second kappa shape index (κ2) is 5.89. The SMILES string of the molecule is Nc1ccc(Oc2ccc(N3C(=S)N[C@H]4CS(=O)(=O)C[C@H]43)cc2)cc1. The Kier molecular flexibility index (Phi) is 3.81. The molecule has 4 rings (SSSR count). The van der Waals surface area contributed by atoms with Gasteiger partial charge in [-0.05, 0) is 60.7 Å². The standard InChI is InChI=1S/C17H17N3O3S2/c18-11-1-5-13(6-2-11)23-14-7-3-12(4-8-14)20-16-10-25(21,22)9-15(16)19-17(20)24/h1-8,15-16H,9-10,18H2,(H,19,24)/t15-,16+/m0/s1. The number of hydrogen-bond acceptors (Lipinski definition) is 5. The lowest BCUT2D eigenvalue weighted by molar-refractivity contribution is 0.483. The molecule has 2 atom stereocenters. The minimum absolute atomic E-state index is 0.120. The van der Waals surface area contributed by atoms with Crippen LogP contribution in [0.1, 0.15) is 0 Å². The quantitative estimate of drug-likeness (QED) is 0.626. The van der Waals surface area contributed by atoms with Crippen LogP contribution in [0.5, 0.6) is 11.5 Å². The fourth-order valence-electron chi connectivity index (χ4n) is 3.26. The molecule has 0 unspecified atom stereocenters. The predicted octanol–water partition coefficient (Wildman–Crippen LogP) is 1.92. The molecule has 0 aromatic heterocycles. The zero-order valence-corrected chi connectivity index (χ0v) is 14.9. The van der Waals surface area contributed by atoms with Gasteiger partial charge in [-0.25, -0.2) is 8.42 Å². The first-order valence-corrected chi connectivity index (χ1v) is 10.1. The molecule has 2 fully saturated rings. The second-order valence-electron chi connectivity index (χ2n) is 6.24. The Labute approximate surface area is 151 Å². The number of nitrogens with zero attached hydrogens (tertiary/aromatic N) is 1. The van der Waals surface area contributed by atoms with E-state index < -0.39 is 9.84 Å². The van der Waals surface area contributed by atoms with E-state index in [9.17, 15) is 8.42 Å². The summed E-state index contributed by atoms with van der Waals surface area (Å²) in [4.78, 5) is 1.89. The van der Waals surface area contributed by atoms with E-state index in [2.05, 4.69) is 5.32 Å². The van der Waals surface area contributed by atoms with Gasteiger partial charge in [0.1, 0.15) is 11.5 Å². The molecule has 2 saturated heterocycles. The number of sulfone groups is 1. The van der Waals surface area contributed by atoms with E-state index in [1.54, 1.807) is 24.3 Å². The van der Waals surface area contributed by atoms with Crippen LogP contribution in [0, 0.1) is 0 Å². The van der Waals surface area contributed by atoms with Gasteiger partial charge in [0.15, 0.2) is 14.9 Å². The second-order valence-corrected chi connectivity index (χ2v) is 8.78. The van der Waals surface area contributed by atoms with E-state index in [4.69, 9.17) is 22.7 Å². The molecule has 0 aliphatic carbocycles. The minimum Gasteiger partial charge on any atom is -0.457 e. The first kappa shape index (κ1) is 16.2. The fourth-order valence-corrected chi connectivity index (χ4v) is 5.54. The predicted molar refractivity (Wildman–Crippen MR) is 102 cm³/mol. The Morgan fingerprint density at radius 3 is 2.28 bits per heavy atom. The van der Waals surface area contributed by atoms with Crippen LogP contribution in [0.4, 0.5) is 11.4 Å². The van der Waals surface area contributed by atoms with Gasteiger partial charge in [0, 0.05) is 11.4 Å². The van der Waals surface area contributed by atoms with Crippen molar-refractivity contribution in [2.24, 2.45) is 0 Å². The Hall–Kier alpha value is -2.32. The molecule has 2 aromatic rings. The summed E-state index contributed by atoms with van der Waals surface area (Å²) in [5, 5.41) is 3.68. The highest BCUT2D eigenvalue weighted by atomic mass is 32.2. The molecule has 0 amide bonds. The highest BCUT2D eigenvalue weighted by Crippen LogP contribution is 2.31. The van der Waals surface area contributed by atoms with Gasteiger partial charge in [0.05, 0.1) is 23.6 Å². The molecule has 2 aliphatic heterocycles. The van der Waals surface area contributed by atoms with E-state index in [0.29, 0.717) is 22.3 Å². The lowest BCUT2D eigenvalue weighted by atomic mass is 10.1. The van der Waals surface area contributed by atoms with Crippen LogP contribution in [0.15, 0.2) is 48.5 Å². The lowest BCUT2D eigenvalue weighted by Crippen LogP contribution is -2.36. The monoisotopic (exact) mass is 375 g/mol. The van der Waals surface area contributed by atoms with Crippen molar-refractivity contribution in [1.82, 2.24) is 5.32 Å². The first-order chi connectivity index (χ1) is 11.9. The van der Waals surface area contributed by atoms with E-state index in [0.717, 1.165) is 5.69 Å². The number of anilines is 2. The van der Waals surface area contributed by atoms with Crippen LogP contribution in [0.2, 0.25) is 0 Å². The molecule has 2 aliphatic rings. The van der Waals surface area contributed by atoms with Crippen molar-refractivity contribution < 1.29 is 13.2 Å². The maximum absolute atomic E-state index is 11.9. The Morgan fingerprint density at radius 1 is 1.04 bits per heavy atom. The number of thiocarbonyl (C=S) groups is 1. The van der Waals surface area contributed by atoms with Gasteiger partial charge < -0.3 is 20.7 Å². The smallest absolute Gasteiger partial charge is 0.174 e.